The van der Waals surface area contributed by atoms with Crippen molar-refractivity contribution in [3.8, 4) is 0 Å². The Bertz CT molecular complexity index is 191. The molecule has 0 amide bonds. The number of hydrogen-bond acceptors (Lipinski definition) is 1. The summed E-state index contributed by atoms with van der Waals surface area (Å²) in [7, 11) is 1.96. The Morgan fingerprint density at radius 2 is 1.75 bits per heavy atom. The van der Waals surface area contributed by atoms with Gasteiger partial charge in [0.2, 0.25) is 5.92 Å². The van der Waals surface area contributed by atoms with E-state index in [9.17, 15) is 8.78 Å². The van der Waals surface area contributed by atoms with Gasteiger partial charge in [-0.3, -0.25) is 0 Å². The molecule has 0 aromatic heterocycles. The van der Waals surface area contributed by atoms with E-state index in [1.54, 1.807) is 0 Å². The molecule has 0 radical (unpaired) electrons. The highest BCUT2D eigenvalue weighted by atomic mass is 19.3. The summed E-state index contributed by atoms with van der Waals surface area (Å²) in [5.41, 5.74) is 0. The Kier molecular flexibility index (Phi) is 5.16. The third kappa shape index (κ3) is 4.36. The highest BCUT2D eigenvalue weighted by molar-refractivity contribution is 4.84. The largest absolute Gasteiger partial charge is 0.317 e. The van der Waals surface area contributed by atoms with Crippen molar-refractivity contribution in [1.82, 2.24) is 5.32 Å². The Morgan fingerprint density at radius 3 is 2.19 bits per heavy atom. The van der Waals surface area contributed by atoms with Crippen molar-refractivity contribution in [2.75, 3.05) is 7.05 Å². The van der Waals surface area contributed by atoms with Gasteiger partial charge in [0.05, 0.1) is 0 Å². The lowest BCUT2D eigenvalue weighted by atomic mass is 9.80. The van der Waals surface area contributed by atoms with Crippen LogP contribution in [0.4, 0.5) is 8.78 Å². The number of alkyl halides is 2. The van der Waals surface area contributed by atoms with Gasteiger partial charge in [0.1, 0.15) is 0 Å². The highest BCUT2D eigenvalue weighted by Crippen LogP contribution is 2.38. The molecule has 0 aliphatic heterocycles. The molecule has 0 heterocycles. The van der Waals surface area contributed by atoms with Gasteiger partial charge >= 0.3 is 0 Å². The van der Waals surface area contributed by atoms with Crippen LogP contribution in [0.3, 0.4) is 0 Å². The fraction of sp³-hybridized carbons (Fsp3) is 1.00. The van der Waals surface area contributed by atoms with E-state index >= 15 is 0 Å². The molecule has 1 aliphatic carbocycles. The zero-order valence-corrected chi connectivity index (χ0v) is 10.7. The van der Waals surface area contributed by atoms with Crippen molar-refractivity contribution in [3.05, 3.63) is 0 Å². The van der Waals surface area contributed by atoms with Crippen molar-refractivity contribution in [2.24, 2.45) is 11.8 Å². The van der Waals surface area contributed by atoms with Gasteiger partial charge in [0, 0.05) is 18.9 Å². The van der Waals surface area contributed by atoms with Gasteiger partial charge in [0.25, 0.3) is 0 Å². The number of halogens is 2. The summed E-state index contributed by atoms with van der Waals surface area (Å²) in [5.74, 6) is -1.25. The molecule has 0 spiro atoms. The summed E-state index contributed by atoms with van der Waals surface area (Å²) in [5, 5.41) is 3.31. The first-order valence-corrected chi connectivity index (χ1v) is 6.49. The van der Waals surface area contributed by atoms with Crippen LogP contribution in [0.15, 0.2) is 0 Å². The first kappa shape index (κ1) is 13.9. The van der Waals surface area contributed by atoms with E-state index in [0.717, 1.165) is 6.42 Å². The van der Waals surface area contributed by atoms with E-state index in [-0.39, 0.29) is 12.8 Å². The van der Waals surface area contributed by atoms with Crippen molar-refractivity contribution in [2.45, 2.75) is 64.3 Å². The van der Waals surface area contributed by atoms with E-state index in [1.807, 2.05) is 7.05 Å². The molecule has 1 nitrogen and oxygen atoms in total. The average Bonchev–Trinajstić information content (AvgIpc) is 2.20. The quantitative estimate of drug-likeness (QED) is 0.761. The minimum absolute atomic E-state index is 0.0809. The first-order valence-electron chi connectivity index (χ1n) is 6.49. The zero-order chi connectivity index (χ0) is 12.2. The van der Waals surface area contributed by atoms with Gasteiger partial charge < -0.3 is 5.32 Å². The lowest BCUT2D eigenvalue weighted by Gasteiger charge is -2.34. The molecule has 0 aromatic carbocycles. The molecule has 96 valence electrons. The molecule has 1 aliphatic rings. The molecule has 1 unspecified atom stereocenters. The molecule has 0 saturated heterocycles. The van der Waals surface area contributed by atoms with Gasteiger partial charge in [-0.15, -0.1) is 0 Å². The summed E-state index contributed by atoms with van der Waals surface area (Å²) in [6, 6.07) is 0.429. The van der Waals surface area contributed by atoms with Crippen LogP contribution in [-0.4, -0.2) is 19.0 Å². The number of hydrogen-bond donors (Lipinski definition) is 1. The second-order valence-corrected chi connectivity index (χ2v) is 5.56. The van der Waals surface area contributed by atoms with Crippen LogP contribution < -0.4 is 5.32 Å². The molecule has 0 bridgehead atoms. The SMILES string of the molecule is CNC(CCC(C)C)C1CCC(F)(F)CC1. The topological polar surface area (TPSA) is 12.0 Å². The predicted octanol–water partition coefficient (Wildman–Crippen LogP) is 3.84. The molecule has 3 heteroatoms. The van der Waals surface area contributed by atoms with Crippen molar-refractivity contribution >= 4 is 0 Å². The normalized spacial score (nSPS) is 23.6. The van der Waals surface area contributed by atoms with Gasteiger partial charge in [-0.1, -0.05) is 13.8 Å². The minimum Gasteiger partial charge on any atom is -0.317 e. The maximum absolute atomic E-state index is 13.0. The zero-order valence-electron chi connectivity index (χ0n) is 10.7. The number of nitrogens with one attached hydrogen (secondary N) is 1. The Balaban J connectivity index is 2.37. The molecule has 1 rings (SSSR count). The molecule has 1 N–H and O–H groups in total. The lowest BCUT2D eigenvalue weighted by molar-refractivity contribution is -0.0497. The molecular formula is C13H25F2N. The van der Waals surface area contributed by atoms with Gasteiger partial charge in [-0.05, 0) is 44.6 Å². The molecule has 0 aromatic rings. The Labute approximate surface area is 98.0 Å². The Hall–Kier alpha value is -0.180. The monoisotopic (exact) mass is 233 g/mol. The Morgan fingerprint density at radius 1 is 1.19 bits per heavy atom. The van der Waals surface area contributed by atoms with Gasteiger partial charge in [-0.2, -0.15) is 0 Å². The maximum atomic E-state index is 13.0. The van der Waals surface area contributed by atoms with Crippen LogP contribution in [0, 0.1) is 11.8 Å². The van der Waals surface area contributed by atoms with Crippen molar-refractivity contribution in [3.63, 3.8) is 0 Å². The second-order valence-electron chi connectivity index (χ2n) is 5.56. The molecule has 1 fully saturated rings. The van der Waals surface area contributed by atoms with Crippen molar-refractivity contribution in [1.29, 1.82) is 0 Å². The predicted molar refractivity (Wildman–Crippen MR) is 63.8 cm³/mol. The van der Waals surface area contributed by atoms with Crippen LogP contribution >= 0.6 is 0 Å². The lowest BCUT2D eigenvalue weighted by Crippen LogP contribution is -2.38. The van der Waals surface area contributed by atoms with Crippen LogP contribution in [-0.2, 0) is 0 Å². The second kappa shape index (κ2) is 5.95. The van der Waals surface area contributed by atoms with E-state index < -0.39 is 5.92 Å². The molecule has 16 heavy (non-hydrogen) atoms. The third-order valence-corrected chi connectivity index (χ3v) is 3.76. The molecular weight excluding hydrogens is 208 g/mol. The van der Waals surface area contributed by atoms with Crippen LogP contribution in [0.5, 0.6) is 0 Å². The van der Waals surface area contributed by atoms with E-state index in [4.69, 9.17) is 0 Å². The number of rotatable bonds is 5. The van der Waals surface area contributed by atoms with E-state index in [0.29, 0.717) is 30.7 Å². The third-order valence-electron chi connectivity index (χ3n) is 3.76. The summed E-state index contributed by atoms with van der Waals surface area (Å²) >= 11 is 0. The van der Waals surface area contributed by atoms with E-state index in [1.165, 1.54) is 6.42 Å². The van der Waals surface area contributed by atoms with Crippen LogP contribution in [0.1, 0.15) is 52.4 Å². The highest BCUT2D eigenvalue weighted by Gasteiger charge is 2.37. The van der Waals surface area contributed by atoms with Crippen LogP contribution in [0.2, 0.25) is 0 Å². The first-order chi connectivity index (χ1) is 7.44. The summed E-state index contributed by atoms with van der Waals surface area (Å²) in [6.07, 6.45) is 3.81. The smallest absolute Gasteiger partial charge is 0.248 e. The summed E-state index contributed by atoms with van der Waals surface area (Å²) in [4.78, 5) is 0. The fourth-order valence-corrected chi connectivity index (χ4v) is 2.59. The van der Waals surface area contributed by atoms with Gasteiger partial charge in [0.15, 0.2) is 0 Å². The van der Waals surface area contributed by atoms with Gasteiger partial charge in [-0.25, -0.2) is 8.78 Å². The fourth-order valence-electron chi connectivity index (χ4n) is 2.59. The van der Waals surface area contributed by atoms with Crippen LogP contribution in [0.25, 0.3) is 0 Å². The summed E-state index contributed by atoms with van der Waals surface area (Å²) < 4.78 is 26.1. The van der Waals surface area contributed by atoms with Crippen molar-refractivity contribution < 1.29 is 8.78 Å². The molecule has 1 saturated carbocycles. The summed E-state index contributed by atoms with van der Waals surface area (Å²) in [6.45, 7) is 4.42. The van der Waals surface area contributed by atoms with E-state index in [2.05, 4.69) is 19.2 Å². The minimum atomic E-state index is -2.40. The average molecular weight is 233 g/mol. The standard InChI is InChI=1S/C13H25F2N/c1-10(2)4-5-12(16-3)11-6-8-13(14,15)9-7-11/h10-12,16H,4-9H2,1-3H3. The maximum Gasteiger partial charge on any atom is 0.248 e. The molecule has 1 atom stereocenters.